The first-order chi connectivity index (χ1) is 16.4. The summed E-state index contributed by atoms with van der Waals surface area (Å²) in [5.41, 5.74) is 3.38. The molecule has 1 aliphatic heterocycles. The molecule has 5 rings (SSSR count). The molecule has 3 aromatic heterocycles. The summed E-state index contributed by atoms with van der Waals surface area (Å²) in [4.78, 5) is 40.5. The van der Waals surface area contributed by atoms with Crippen LogP contribution in [0.1, 0.15) is 23.0 Å². The number of hydrogen-bond donors (Lipinski definition) is 2. The van der Waals surface area contributed by atoms with Gasteiger partial charge in [0.2, 0.25) is 0 Å². The number of halogens is 1. The lowest BCUT2D eigenvalue weighted by Crippen LogP contribution is -2.51. The minimum Gasteiger partial charge on any atom is -0.365 e. The van der Waals surface area contributed by atoms with Crippen LogP contribution >= 0.6 is 0 Å². The first kappa shape index (κ1) is 22.0. The van der Waals surface area contributed by atoms with Gasteiger partial charge in [0.15, 0.2) is 0 Å². The van der Waals surface area contributed by atoms with Crippen LogP contribution in [0.2, 0.25) is 0 Å². The highest BCUT2D eigenvalue weighted by atomic mass is 19.1. The van der Waals surface area contributed by atoms with Crippen LogP contribution in [0.15, 0.2) is 53.6 Å². The van der Waals surface area contributed by atoms with Gasteiger partial charge in [-0.05, 0) is 48.9 Å². The highest BCUT2D eigenvalue weighted by Crippen LogP contribution is 2.23. The number of rotatable bonds is 4. The predicted octanol–water partition coefficient (Wildman–Crippen LogP) is 2.68. The van der Waals surface area contributed by atoms with Crippen molar-refractivity contribution in [2.75, 3.05) is 31.6 Å². The van der Waals surface area contributed by atoms with E-state index >= 15 is 0 Å². The number of benzene rings is 1. The summed E-state index contributed by atoms with van der Waals surface area (Å²) in [5, 5.41) is 3.53. The van der Waals surface area contributed by atoms with E-state index in [2.05, 4.69) is 37.0 Å². The topological polar surface area (TPSA) is 94.2 Å². The molecule has 0 unspecified atom stereocenters. The van der Waals surface area contributed by atoms with Gasteiger partial charge in [0, 0.05) is 50.9 Å². The number of nitrogens with one attached hydrogen (secondary N) is 2. The zero-order chi connectivity index (χ0) is 23.8. The van der Waals surface area contributed by atoms with Gasteiger partial charge in [0.25, 0.3) is 11.5 Å². The fourth-order valence-corrected chi connectivity index (χ4v) is 4.64. The van der Waals surface area contributed by atoms with Gasteiger partial charge in [-0.15, -0.1) is 0 Å². The molecule has 4 heterocycles. The lowest BCUT2D eigenvalue weighted by molar-refractivity contribution is 0.0958. The van der Waals surface area contributed by atoms with Gasteiger partial charge in [0.1, 0.15) is 11.5 Å². The molecule has 1 saturated heterocycles. The van der Waals surface area contributed by atoms with E-state index in [9.17, 15) is 14.0 Å². The first-order valence-electron chi connectivity index (χ1n) is 11.2. The van der Waals surface area contributed by atoms with Crippen molar-refractivity contribution in [1.82, 2.24) is 25.2 Å². The number of carbonyl (C=O) groups is 1. The molecule has 8 nitrogen and oxygen atoms in total. The number of carbonyl (C=O) groups excluding carboxylic acids is 1. The third-order valence-corrected chi connectivity index (χ3v) is 6.33. The minimum atomic E-state index is -0.444. The van der Waals surface area contributed by atoms with E-state index in [1.54, 1.807) is 25.4 Å². The average molecular weight is 461 g/mol. The average Bonchev–Trinajstić information content (AvgIpc) is 2.84. The zero-order valence-corrected chi connectivity index (χ0v) is 19.0. The molecule has 1 amide bonds. The van der Waals surface area contributed by atoms with Crippen LogP contribution in [0.4, 0.5) is 10.1 Å². The molecule has 0 radical (unpaired) electrons. The Kier molecular flexibility index (Phi) is 5.70. The second-order valence-electron chi connectivity index (χ2n) is 8.64. The number of H-pyrrole nitrogens is 1. The van der Waals surface area contributed by atoms with Crippen molar-refractivity contribution in [3.63, 3.8) is 0 Å². The third kappa shape index (κ3) is 4.10. The van der Waals surface area contributed by atoms with Crippen LogP contribution in [0, 0.1) is 5.82 Å². The summed E-state index contributed by atoms with van der Waals surface area (Å²) in [6.07, 6.45) is 3.57. The lowest BCUT2D eigenvalue weighted by Gasteiger charge is -2.41. The van der Waals surface area contributed by atoms with Gasteiger partial charge in [-0.3, -0.25) is 19.5 Å². The molecule has 34 heavy (non-hydrogen) atoms. The Hall–Kier alpha value is -3.85. The standard InChI is InChI=1S/C25H25FN6O2/c1-15-13-31(7-8-32(15)18-4-6-21(28-12-18)25(34)27-2)14-16-9-22-23(29-11-16)19-5-3-17(26)10-20(19)24(33)30-22/h3-6,9-12,15H,7-8,13-14H2,1-2H3,(H,27,34)(H,30,33)/t15-/m1/s1. The van der Waals surface area contributed by atoms with E-state index in [4.69, 9.17) is 0 Å². The van der Waals surface area contributed by atoms with E-state index in [0.29, 0.717) is 34.0 Å². The monoisotopic (exact) mass is 460 g/mol. The summed E-state index contributed by atoms with van der Waals surface area (Å²) < 4.78 is 13.6. The predicted molar refractivity (Wildman–Crippen MR) is 130 cm³/mol. The van der Waals surface area contributed by atoms with Crippen molar-refractivity contribution in [3.8, 4) is 0 Å². The van der Waals surface area contributed by atoms with Crippen molar-refractivity contribution in [3.05, 3.63) is 76.2 Å². The number of piperazine rings is 1. The molecule has 1 fully saturated rings. The molecule has 0 aliphatic carbocycles. The molecule has 0 saturated carbocycles. The quantitative estimate of drug-likeness (QED) is 0.455. The van der Waals surface area contributed by atoms with Crippen molar-refractivity contribution < 1.29 is 9.18 Å². The van der Waals surface area contributed by atoms with Crippen LogP contribution in [0.3, 0.4) is 0 Å². The van der Waals surface area contributed by atoms with Crippen LogP contribution in [0.25, 0.3) is 21.8 Å². The number of aromatic nitrogens is 3. The van der Waals surface area contributed by atoms with Gasteiger partial charge in [-0.25, -0.2) is 9.37 Å². The number of anilines is 1. The van der Waals surface area contributed by atoms with E-state index in [0.717, 1.165) is 30.9 Å². The lowest BCUT2D eigenvalue weighted by atomic mass is 10.1. The fraction of sp³-hybridized carbons (Fsp3) is 0.280. The Morgan fingerprint density at radius 3 is 2.74 bits per heavy atom. The number of amides is 1. The Bertz CT molecular complexity index is 1440. The molecule has 0 bridgehead atoms. The summed E-state index contributed by atoms with van der Waals surface area (Å²) in [6, 6.07) is 10.1. The largest absolute Gasteiger partial charge is 0.365 e. The van der Waals surface area contributed by atoms with Gasteiger partial charge in [0.05, 0.1) is 28.3 Å². The Morgan fingerprint density at radius 1 is 1.15 bits per heavy atom. The molecule has 1 aliphatic rings. The molecule has 174 valence electrons. The van der Waals surface area contributed by atoms with Crippen LogP contribution in [-0.4, -0.2) is 58.5 Å². The van der Waals surface area contributed by atoms with Gasteiger partial charge < -0.3 is 15.2 Å². The van der Waals surface area contributed by atoms with Crippen molar-refractivity contribution in [2.24, 2.45) is 0 Å². The summed E-state index contributed by atoms with van der Waals surface area (Å²) in [7, 11) is 1.59. The SMILES string of the molecule is CNC(=O)c1ccc(N2CCN(Cc3cnc4c(c3)[nH]c(=O)c3cc(F)ccc34)C[C@H]2C)cn1. The van der Waals surface area contributed by atoms with Gasteiger partial charge in [-0.2, -0.15) is 0 Å². The summed E-state index contributed by atoms with van der Waals surface area (Å²) in [5.74, 6) is -0.643. The van der Waals surface area contributed by atoms with E-state index < -0.39 is 5.82 Å². The van der Waals surface area contributed by atoms with Crippen molar-refractivity contribution in [1.29, 1.82) is 0 Å². The Labute approximate surface area is 195 Å². The normalized spacial score (nSPS) is 16.8. The second kappa shape index (κ2) is 8.83. The smallest absolute Gasteiger partial charge is 0.269 e. The first-order valence-corrected chi connectivity index (χ1v) is 11.2. The maximum absolute atomic E-state index is 13.6. The summed E-state index contributed by atoms with van der Waals surface area (Å²) in [6.45, 7) is 5.41. The zero-order valence-electron chi connectivity index (χ0n) is 19.0. The van der Waals surface area contributed by atoms with Crippen molar-refractivity contribution in [2.45, 2.75) is 19.5 Å². The van der Waals surface area contributed by atoms with Crippen LogP contribution in [0.5, 0.6) is 0 Å². The Balaban J connectivity index is 1.31. The van der Waals surface area contributed by atoms with Crippen molar-refractivity contribution >= 4 is 33.4 Å². The molecule has 1 aromatic carbocycles. The molecule has 9 heteroatoms. The molecule has 4 aromatic rings. The highest BCUT2D eigenvalue weighted by Gasteiger charge is 2.24. The number of hydrogen-bond acceptors (Lipinski definition) is 6. The molecule has 0 spiro atoms. The van der Waals surface area contributed by atoms with Gasteiger partial charge >= 0.3 is 0 Å². The fourth-order valence-electron chi connectivity index (χ4n) is 4.64. The number of fused-ring (bicyclic) bond motifs is 3. The molecular formula is C25H25FN6O2. The highest BCUT2D eigenvalue weighted by molar-refractivity contribution is 6.02. The third-order valence-electron chi connectivity index (χ3n) is 6.33. The molecule has 1 atom stereocenters. The van der Waals surface area contributed by atoms with E-state index in [1.807, 2.05) is 18.3 Å². The molecule has 2 N–H and O–H groups in total. The maximum Gasteiger partial charge on any atom is 0.269 e. The number of aromatic amines is 1. The van der Waals surface area contributed by atoms with Crippen LogP contribution in [-0.2, 0) is 6.54 Å². The van der Waals surface area contributed by atoms with E-state index in [1.165, 1.54) is 12.1 Å². The van der Waals surface area contributed by atoms with E-state index in [-0.39, 0.29) is 17.5 Å². The second-order valence-corrected chi connectivity index (χ2v) is 8.64. The van der Waals surface area contributed by atoms with Gasteiger partial charge in [-0.1, -0.05) is 0 Å². The minimum absolute atomic E-state index is 0.199. The molecular weight excluding hydrogens is 435 g/mol. The number of nitrogens with zero attached hydrogens (tertiary/aromatic N) is 4. The van der Waals surface area contributed by atoms with Crippen LogP contribution < -0.4 is 15.8 Å². The summed E-state index contributed by atoms with van der Waals surface area (Å²) >= 11 is 0. The Morgan fingerprint density at radius 2 is 2.00 bits per heavy atom. The maximum atomic E-state index is 13.6. The number of pyridine rings is 3.